The minimum Gasteiger partial charge on any atom is -0.468 e. The Balaban J connectivity index is 3.31. The lowest BCUT2D eigenvalue weighted by Crippen LogP contribution is -2.16. The number of nitriles is 1. The van der Waals surface area contributed by atoms with Crippen molar-refractivity contribution in [3.8, 4) is 6.07 Å². The van der Waals surface area contributed by atoms with Crippen molar-refractivity contribution in [1.29, 1.82) is 5.26 Å². The number of hydrogen-bond acceptors (Lipinski definition) is 5. The van der Waals surface area contributed by atoms with Crippen LogP contribution >= 0.6 is 11.8 Å². The molecule has 1 rings (SSSR count). The standard InChI is InChI=1S/C12H11F3N2O2S/c1-6-4-9(12(13,14)15)8(5-16)10(17-6)20-7(2)11(18)19-3/h4,7H,1-3H3/t7-/m1/s1. The number of carbonyl (C=O) groups excluding carboxylic acids is 1. The zero-order chi connectivity index (χ0) is 15.5. The first-order valence-electron chi connectivity index (χ1n) is 5.44. The Kier molecular flexibility index (Phi) is 5.00. The second-order valence-corrected chi connectivity index (χ2v) is 5.21. The molecule has 4 nitrogen and oxygen atoms in total. The zero-order valence-electron chi connectivity index (χ0n) is 10.9. The van der Waals surface area contributed by atoms with Crippen LogP contribution in [0.2, 0.25) is 0 Å². The summed E-state index contributed by atoms with van der Waals surface area (Å²) in [5.41, 5.74) is -1.51. The molecule has 0 spiro atoms. The minimum absolute atomic E-state index is 0.121. The van der Waals surface area contributed by atoms with Crippen LogP contribution in [0.15, 0.2) is 11.1 Å². The van der Waals surface area contributed by atoms with Crippen molar-refractivity contribution in [2.45, 2.75) is 30.3 Å². The first-order valence-corrected chi connectivity index (χ1v) is 6.32. The van der Waals surface area contributed by atoms with E-state index in [1.165, 1.54) is 27.0 Å². The van der Waals surface area contributed by atoms with Crippen LogP contribution in [0.3, 0.4) is 0 Å². The van der Waals surface area contributed by atoms with Crippen LogP contribution in [-0.2, 0) is 15.7 Å². The average molecular weight is 304 g/mol. The Morgan fingerprint density at radius 3 is 2.60 bits per heavy atom. The second kappa shape index (κ2) is 6.13. The van der Waals surface area contributed by atoms with E-state index in [1.807, 2.05) is 0 Å². The maximum Gasteiger partial charge on any atom is 0.417 e. The number of pyridine rings is 1. The van der Waals surface area contributed by atoms with Gasteiger partial charge in [0.25, 0.3) is 0 Å². The molecule has 0 aliphatic carbocycles. The summed E-state index contributed by atoms with van der Waals surface area (Å²) in [6.07, 6.45) is -4.65. The van der Waals surface area contributed by atoms with E-state index in [-0.39, 0.29) is 10.7 Å². The minimum atomic E-state index is -4.65. The summed E-state index contributed by atoms with van der Waals surface area (Å²) < 4.78 is 43.1. The molecule has 0 amide bonds. The van der Waals surface area contributed by atoms with Crippen molar-refractivity contribution in [3.63, 3.8) is 0 Å². The summed E-state index contributed by atoms with van der Waals surface area (Å²) in [5.74, 6) is -0.601. The fraction of sp³-hybridized carbons (Fsp3) is 0.417. The molecule has 108 valence electrons. The van der Waals surface area contributed by atoms with Crippen LogP contribution < -0.4 is 0 Å². The van der Waals surface area contributed by atoms with Crippen LogP contribution in [0, 0.1) is 18.3 Å². The van der Waals surface area contributed by atoms with Crippen molar-refractivity contribution in [2.75, 3.05) is 7.11 Å². The molecule has 0 fully saturated rings. The summed E-state index contributed by atoms with van der Waals surface area (Å²) in [7, 11) is 1.18. The lowest BCUT2D eigenvalue weighted by molar-refractivity contribution is -0.139. The number of aromatic nitrogens is 1. The quantitative estimate of drug-likeness (QED) is 0.634. The molecule has 0 N–H and O–H groups in total. The Hall–Kier alpha value is -1.75. The number of ether oxygens (including phenoxy) is 1. The number of aryl methyl sites for hydroxylation is 1. The van der Waals surface area contributed by atoms with Gasteiger partial charge in [0, 0.05) is 5.69 Å². The summed E-state index contributed by atoms with van der Waals surface area (Å²) in [5, 5.41) is 8.05. The monoisotopic (exact) mass is 304 g/mol. The fourth-order valence-electron chi connectivity index (χ4n) is 1.44. The Morgan fingerprint density at radius 2 is 2.15 bits per heavy atom. The van der Waals surface area contributed by atoms with Crippen molar-refractivity contribution in [2.24, 2.45) is 0 Å². The van der Waals surface area contributed by atoms with Gasteiger partial charge >= 0.3 is 12.1 Å². The van der Waals surface area contributed by atoms with E-state index >= 15 is 0 Å². The van der Waals surface area contributed by atoms with E-state index < -0.39 is 28.5 Å². The van der Waals surface area contributed by atoms with Gasteiger partial charge in [-0.1, -0.05) is 11.8 Å². The van der Waals surface area contributed by atoms with Gasteiger partial charge in [0.2, 0.25) is 0 Å². The largest absolute Gasteiger partial charge is 0.468 e. The van der Waals surface area contributed by atoms with Crippen molar-refractivity contribution < 1.29 is 22.7 Å². The van der Waals surface area contributed by atoms with Gasteiger partial charge in [-0.2, -0.15) is 18.4 Å². The molecule has 0 unspecified atom stereocenters. The first-order chi connectivity index (χ1) is 9.20. The summed E-state index contributed by atoms with van der Waals surface area (Å²) in [4.78, 5) is 15.2. The molecule has 20 heavy (non-hydrogen) atoms. The molecule has 0 aliphatic rings. The number of halogens is 3. The van der Waals surface area contributed by atoms with E-state index in [1.54, 1.807) is 0 Å². The highest BCUT2D eigenvalue weighted by Gasteiger charge is 2.36. The highest BCUT2D eigenvalue weighted by atomic mass is 32.2. The van der Waals surface area contributed by atoms with Gasteiger partial charge in [-0.25, -0.2) is 4.98 Å². The number of hydrogen-bond donors (Lipinski definition) is 0. The predicted octanol–water partition coefficient (Wildman–Crippen LogP) is 2.93. The molecule has 0 radical (unpaired) electrons. The van der Waals surface area contributed by atoms with Crippen LogP contribution in [0.4, 0.5) is 13.2 Å². The number of esters is 1. The number of alkyl halides is 3. The van der Waals surface area contributed by atoms with Gasteiger partial charge in [0.05, 0.1) is 18.2 Å². The van der Waals surface area contributed by atoms with Gasteiger partial charge in [-0.05, 0) is 19.9 Å². The lowest BCUT2D eigenvalue weighted by atomic mass is 10.1. The number of thioether (sulfide) groups is 1. The molecule has 0 aliphatic heterocycles. The molecule has 1 aromatic rings. The van der Waals surface area contributed by atoms with E-state index in [0.29, 0.717) is 0 Å². The molecular formula is C12H11F3N2O2S. The van der Waals surface area contributed by atoms with Crippen LogP contribution in [0.1, 0.15) is 23.7 Å². The van der Waals surface area contributed by atoms with E-state index in [2.05, 4.69) is 9.72 Å². The highest BCUT2D eigenvalue weighted by Crippen LogP contribution is 2.36. The number of methoxy groups -OCH3 is 1. The summed E-state index contributed by atoms with van der Waals surface area (Å²) in [6, 6.07) is 2.32. The molecule has 0 saturated heterocycles. The van der Waals surface area contributed by atoms with Crippen LogP contribution in [0.5, 0.6) is 0 Å². The van der Waals surface area contributed by atoms with Gasteiger partial charge < -0.3 is 4.74 Å². The number of carbonyl (C=O) groups is 1. The maximum atomic E-state index is 12.9. The van der Waals surface area contributed by atoms with E-state index in [9.17, 15) is 18.0 Å². The molecule has 1 aromatic heterocycles. The summed E-state index contributed by atoms with van der Waals surface area (Å²) in [6.45, 7) is 2.86. The first kappa shape index (κ1) is 16.3. The normalized spacial score (nSPS) is 12.7. The van der Waals surface area contributed by atoms with Crippen molar-refractivity contribution in [3.05, 3.63) is 22.9 Å². The van der Waals surface area contributed by atoms with E-state index in [0.717, 1.165) is 17.8 Å². The number of rotatable bonds is 3. The van der Waals surface area contributed by atoms with Gasteiger partial charge in [0.1, 0.15) is 16.3 Å². The third-order valence-corrected chi connectivity index (χ3v) is 3.42. The van der Waals surface area contributed by atoms with Gasteiger partial charge in [0.15, 0.2) is 0 Å². The molecule has 8 heteroatoms. The third-order valence-electron chi connectivity index (χ3n) is 2.35. The molecule has 0 bridgehead atoms. The maximum absolute atomic E-state index is 12.9. The fourth-order valence-corrected chi connectivity index (χ4v) is 2.44. The molecule has 0 saturated carbocycles. The second-order valence-electron chi connectivity index (χ2n) is 3.88. The molecule has 1 heterocycles. The number of nitrogens with zero attached hydrogens (tertiary/aromatic N) is 2. The third kappa shape index (κ3) is 3.63. The molecule has 1 atom stereocenters. The topological polar surface area (TPSA) is 63.0 Å². The Morgan fingerprint density at radius 1 is 1.55 bits per heavy atom. The smallest absolute Gasteiger partial charge is 0.417 e. The summed E-state index contributed by atoms with van der Waals surface area (Å²) >= 11 is 0.764. The molecule has 0 aromatic carbocycles. The van der Waals surface area contributed by atoms with Gasteiger partial charge in [-0.3, -0.25) is 4.79 Å². The Bertz CT molecular complexity index is 567. The van der Waals surface area contributed by atoms with E-state index in [4.69, 9.17) is 5.26 Å². The van der Waals surface area contributed by atoms with Gasteiger partial charge in [-0.15, -0.1) is 0 Å². The lowest BCUT2D eigenvalue weighted by Gasteiger charge is -2.14. The SMILES string of the molecule is COC(=O)[C@@H](C)Sc1nc(C)cc(C(F)(F)F)c1C#N. The van der Waals surface area contributed by atoms with Crippen molar-refractivity contribution in [1.82, 2.24) is 4.98 Å². The van der Waals surface area contributed by atoms with Crippen LogP contribution in [0.25, 0.3) is 0 Å². The van der Waals surface area contributed by atoms with Crippen molar-refractivity contribution >= 4 is 17.7 Å². The Labute approximate surface area is 117 Å². The van der Waals surface area contributed by atoms with Crippen LogP contribution in [-0.4, -0.2) is 23.3 Å². The predicted molar refractivity (Wildman–Crippen MR) is 66.0 cm³/mol. The average Bonchev–Trinajstić information content (AvgIpc) is 2.36. The zero-order valence-corrected chi connectivity index (χ0v) is 11.7. The molecular weight excluding hydrogens is 293 g/mol. The highest BCUT2D eigenvalue weighted by molar-refractivity contribution is 8.00.